The Morgan fingerprint density at radius 3 is 2.48 bits per heavy atom. The molecule has 1 aromatic carbocycles. The van der Waals surface area contributed by atoms with E-state index in [0.717, 1.165) is 67.4 Å². The van der Waals surface area contributed by atoms with Crippen LogP contribution in [0.2, 0.25) is 0 Å². The molecule has 6 rings (SSSR count). The molecule has 1 aliphatic heterocycles. The van der Waals surface area contributed by atoms with Gasteiger partial charge in [0.2, 0.25) is 5.91 Å². The van der Waals surface area contributed by atoms with Crippen LogP contribution in [0.5, 0.6) is 0 Å². The minimum absolute atomic E-state index is 0.0310. The molecule has 0 radical (unpaired) electrons. The summed E-state index contributed by atoms with van der Waals surface area (Å²) in [6, 6.07) is 9.24. The first kappa shape index (κ1) is 20.6. The van der Waals surface area contributed by atoms with Crippen molar-refractivity contribution in [1.82, 2.24) is 19.6 Å². The van der Waals surface area contributed by atoms with E-state index in [-0.39, 0.29) is 5.91 Å². The number of rotatable bonds is 5. The number of hydrogen-bond acceptors (Lipinski definition) is 5. The second-order valence-electron chi connectivity index (χ2n) is 9.29. The molecule has 1 saturated carbocycles. The van der Waals surface area contributed by atoms with E-state index in [1.165, 1.54) is 24.3 Å². The second kappa shape index (κ2) is 8.11. The van der Waals surface area contributed by atoms with E-state index in [1.54, 1.807) is 23.5 Å². The predicted molar refractivity (Wildman–Crippen MR) is 128 cm³/mol. The molecule has 2 fully saturated rings. The summed E-state index contributed by atoms with van der Waals surface area (Å²) in [5, 5.41) is 6.97. The van der Waals surface area contributed by atoms with Crippen LogP contribution in [0.15, 0.2) is 35.7 Å². The third-order valence-corrected chi connectivity index (χ3v) is 8.04. The van der Waals surface area contributed by atoms with Crippen LogP contribution in [0.1, 0.15) is 44.1 Å². The van der Waals surface area contributed by atoms with Gasteiger partial charge in [-0.1, -0.05) is 0 Å². The van der Waals surface area contributed by atoms with Gasteiger partial charge in [0.15, 0.2) is 5.69 Å². The van der Waals surface area contributed by atoms with Crippen molar-refractivity contribution in [2.24, 2.45) is 11.7 Å². The van der Waals surface area contributed by atoms with Crippen molar-refractivity contribution in [2.75, 3.05) is 32.7 Å². The number of hydrogen-bond donors (Lipinski definition) is 1. The number of nitrogens with zero attached hydrogens (tertiary/aromatic N) is 4. The molecule has 8 heteroatoms. The SMILES string of the molecule is NC(=O)c1ccc(-n2nc(C(=O)N3CCN(CC4CC4)CC3)c3c2-c2ccsc2CC3)cc1. The van der Waals surface area contributed by atoms with Crippen LogP contribution in [0.25, 0.3) is 16.9 Å². The molecule has 3 heterocycles. The first-order chi connectivity index (χ1) is 16.1. The van der Waals surface area contributed by atoms with Crippen LogP contribution in [-0.2, 0) is 12.8 Å². The Balaban J connectivity index is 1.34. The summed E-state index contributed by atoms with van der Waals surface area (Å²) >= 11 is 1.75. The highest BCUT2D eigenvalue weighted by Gasteiger charge is 2.33. The third-order valence-electron chi connectivity index (χ3n) is 7.06. The molecule has 2 amide bonds. The smallest absolute Gasteiger partial charge is 0.274 e. The molecule has 2 N–H and O–H groups in total. The Morgan fingerprint density at radius 2 is 1.79 bits per heavy atom. The van der Waals surface area contributed by atoms with E-state index in [0.29, 0.717) is 11.3 Å². The summed E-state index contributed by atoms with van der Waals surface area (Å²) in [6.07, 6.45) is 4.45. The highest BCUT2D eigenvalue weighted by atomic mass is 32.1. The van der Waals surface area contributed by atoms with Gasteiger partial charge in [-0.25, -0.2) is 4.68 Å². The fraction of sp³-hybridized carbons (Fsp3) is 0.400. The number of fused-ring (bicyclic) bond motifs is 3. The number of thiophene rings is 1. The number of aryl methyl sites for hydroxylation is 1. The van der Waals surface area contributed by atoms with Crippen molar-refractivity contribution < 1.29 is 9.59 Å². The predicted octanol–water partition coefficient (Wildman–Crippen LogP) is 2.97. The molecule has 0 unspecified atom stereocenters. The lowest BCUT2D eigenvalue weighted by atomic mass is 9.94. The summed E-state index contributed by atoms with van der Waals surface area (Å²) < 4.78 is 1.88. The molecule has 7 nitrogen and oxygen atoms in total. The number of nitrogens with two attached hydrogens (primary N) is 1. The molecule has 1 saturated heterocycles. The number of amides is 2. The lowest BCUT2D eigenvalue weighted by molar-refractivity contribution is 0.0624. The van der Waals surface area contributed by atoms with Crippen LogP contribution < -0.4 is 5.73 Å². The maximum atomic E-state index is 13.6. The molecule has 3 aliphatic rings. The van der Waals surface area contributed by atoms with Gasteiger partial charge in [-0.05, 0) is 67.3 Å². The van der Waals surface area contributed by atoms with E-state index in [9.17, 15) is 9.59 Å². The Kier molecular flexibility index (Phi) is 5.07. The van der Waals surface area contributed by atoms with Crippen LogP contribution in [-0.4, -0.2) is 64.1 Å². The van der Waals surface area contributed by atoms with Gasteiger partial charge < -0.3 is 10.6 Å². The summed E-state index contributed by atoms with van der Waals surface area (Å²) in [5.74, 6) is 0.445. The lowest BCUT2D eigenvalue weighted by Gasteiger charge is -2.34. The van der Waals surface area contributed by atoms with Gasteiger partial charge in [0.05, 0.1) is 11.4 Å². The fourth-order valence-corrected chi connectivity index (χ4v) is 5.90. The van der Waals surface area contributed by atoms with Gasteiger partial charge >= 0.3 is 0 Å². The average Bonchev–Trinajstić information content (AvgIpc) is 3.37. The molecular formula is C25H27N5O2S. The Hall–Kier alpha value is -2.97. The molecule has 0 atom stereocenters. The summed E-state index contributed by atoms with van der Waals surface area (Å²) in [5.41, 5.74) is 10.4. The van der Waals surface area contributed by atoms with Crippen molar-refractivity contribution in [3.8, 4) is 16.9 Å². The van der Waals surface area contributed by atoms with Crippen molar-refractivity contribution >= 4 is 23.2 Å². The number of piperazine rings is 1. The van der Waals surface area contributed by atoms with E-state index >= 15 is 0 Å². The molecular weight excluding hydrogens is 434 g/mol. The number of carbonyl (C=O) groups excluding carboxylic acids is 2. The maximum absolute atomic E-state index is 13.6. The second-order valence-corrected chi connectivity index (χ2v) is 10.3. The van der Waals surface area contributed by atoms with Crippen molar-refractivity contribution in [3.63, 3.8) is 0 Å². The minimum atomic E-state index is -0.458. The van der Waals surface area contributed by atoms with Crippen LogP contribution in [0.4, 0.5) is 0 Å². The van der Waals surface area contributed by atoms with Crippen molar-refractivity contribution in [1.29, 1.82) is 0 Å². The summed E-state index contributed by atoms with van der Waals surface area (Å²) in [6.45, 7) is 4.56. The molecule has 0 bridgehead atoms. The van der Waals surface area contributed by atoms with Gasteiger partial charge in [-0.3, -0.25) is 14.5 Å². The molecule has 3 aromatic rings. The van der Waals surface area contributed by atoms with Crippen molar-refractivity contribution in [3.05, 3.63) is 57.4 Å². The van der Waals surface area contributed by atoms with Gasteiger partial charge in [-0.2, -0.15) is 5.10 Å². The molecule has 170 valence electrons. The van der Waals surface area contributed by atoms with Crippen LogP contribution >= 0.6 is 11.3 Å². The van der Waals surface area contributed by atoms with E-state index in [4.69, 9.17) is 10.8 Å². The minimum Gasteiger partial charge on any atom is -0.366 e. The Morgan fingerprint density at radius 1 is 1.03 bits per heavy atom. The zero-order valence-corrected chi connectivity index (χ0v) is 19.3. The zero-order chi connectivity index (χ0) is 22.5. The molecule has 0 spiro atoms. The normalized spacial score (nSPS) is 18.1. The largest absolute Gasteiger partial charge is 0.366 e. The van der Waals surface area contributed by atoms with Crippen LogP contribution in [0, 0.1) is 5.92 Å². The van der Waals surface area contributed by atoms with E-state index in [1.807, 2.05) is 21.7 Å². The van der Waals surface area contributed by atoms with Crippen LogP contribution in [0.3, 0.4) is 0 Å². The van der Waals surface area contributed by atoms with Gasteiger partial charge in [0.25, 0.3) is 5.91 Å². The first-order valence-corrected chi connectivity index (χ1v) is 12.6. The molecule has 2 aliphatic carbocycles. The molecule has 2 aromatic heterocycles. The number of carbonyl (C=O) groups is 2. The van der Waals surface area contributed by atoms with Gasteiger partial charge in [0, 0.05) is 54.3 Å². The topological polar surface area (TPSA) is 84.5 Å². The summed E-state index contributed by atoms with van der Waals surface area (Å²) in [4.78, 5) is 30.9. The number of aromatic nitrogens is 2. The quantitative estimate of drug-likeness (QED) is 0.633. The number of primary amides is 1. The first-order valence-electron chi connectivity index (χ1n) is 11.7. The summed E-state index contributed by atoms with van der Waals surface area (Å²) in [7, 11) is 0. The highest BCUT2D eigenvalue weighted by molar-refractivity contribution is 7.10. The fourth-order valence-electron chi connectivity index (χ4n) is 5.02. The third kappa shape index (κ3) is 3.77. The Labute approximate surface area is 196 Å². The van der Waals surface area contributed by atoms with E-state index in [2.05, 4.69) is 16.3 Å². The average molecular weight is 462 g/mol. The van der Waals surface area contributed by atoms with Gasteiger partial charge in [-0.15, -0.1) is 11.3 Å². The molecule has 33 heavy (non-hydrogen) atoms. The Bertz CT molecular complexity index is 1220. The van der Waals surface area contributed by atoms with Crippen molar-refractivity contribution in [2.45, 2.75) is 25.7 Å². The number of benzene rings is 1. The standard InChI is InChI=1S/C25H27N5O2S/c26-24(31)17-3-5-18(6-4-17)30-23-19-9-14-33-21(19)8-7-20(23)22(27-30)25(32)29-12-10-28(11-13-29)15-16-1-2-16/h3-6,9,14,16H,1-2,7-8,10-13,15H2,(H2,26,31). The monoisotopic (exact) mass is 461 g/mol. The highest BCUT2D eigenvalue weighted by Crippen LogP contribution is 2.40. The van der Waals surface area contributed by atoms with Gasteiger partial charge in [0.1, 0.15) is 0 Å². The zero-order valence-electron chi connectivity index (χ0n) is 18.5. The maximum Gasteiger partial charge on any atom is 0.274 e. The lowest BCUT2D eigenvalue weighted by Crippen LogP contribution is -2.49. The van der Waals surface area contributed by atoms with E-state index < -0.39 is 5.91 Å².